The summed E-state index contributed by atoms with van der Waals surface area (Å²) in [5, 5.41) is 3.21. The van der Waals surface area contributed by atoms with Crippen molar-refractivity contribution in [3.05, 3.63) is 34.7 Å². The van der Waals surface area contributed by atoms with Gasteiger partial charge in [-0.3, -0.25) is 24.5 Å². The van der Waals surface area contributed by atoms with Crippen LogP contribution in [0.15, 0.2) is 29.2 Å². The maximum absolute atomic E-state index is 11.9. The Morgan fingerprint density at radius 1 is 1.16 bits per heavy atom. The lowest BCUT2D eigenvalue weighted by Gasteiger charge is -2.06. The van der Waals surface area contributed by atoms with Gasteiger partial charge in [-0.2, -0.15) is 0 Å². The van der Waals surface area contributed by atoms with Crippen molar-refractivity contribution in [2.24, 2.45) is 0 Å². The molecule has 1 aromatic carbocycles. The van der Waals surface area contributed by atoms with Crippen molar-refractivity contribution in [1.82, 2.24) is 10.6 Å². The average molecular weight is 394 g/mol. The van der Waals surface area contributed by atoms with Crippen LogP contribution in [-0.4, -0.2) is 32.6 Å². The van der Waals surface area contributed by atoms with E-state index < -0.39 is 22.4 Å². The summed E-state index contributed by atoms with van der Waals surface area (Å²) < 4.78 is 5.16. The second kappa shape index (κ2) is 7.38. The van der Waals surface area contributed by atoms with Gasteiger partial charge in [-0.25, -0.2) is 0 Å². The summed E-state index contributed by atoms with van der Waals surface area (Å²) in [6.45, 7) is 0. The number of amides is 3. The van der Waals surface area contributed by atoms with Crippen LogP contribution in [0.3, 0.4) is 0 Å². The normalized spacial score (nSPS) is 21.4. The number of thiocarbonyl (C=S) groups is 1. The van der Waals surface area contributed by atoms with Crippen LogP contribution in [0, 0.1) is 0 Å². The second-order valence-corrected chi connectivity index (χ2v) is 7.58. The maximum Gasteiger partial charge on any atom is 0.312 e. The van der Waals surface area contributed by atoms with E-state index in [2.05, 4.69) is 10.6 Å². The van der Waals surface area contributed by atoms with Crippen LogP contribution in [0.1, 0.15) is 12.0 Å². The Morgan fingerprint density at radius 2 is 1.88 bits per heavy atom. The third-order valence-electron chi connectivity index (χ3n) is 3.17. The van der Waals surface area contributed by atoms with Crippen molar-refractivity contribution in [3.8, 4) is 5.75 Å². The minimum atomic E-state index is -0.755. The molecule has 2 heterocycles. The minimum Gasteiger partial charge on any atom is -0.426 e. The van der Waals surface area contributed by atoms with Gasteiger partial charge in [0, 0.05) is 0 Å². The van der Waals surface area contributed by atoms with Gasteiger partial charge in [0.2, 0.25) is 5.91 Å². The van der Waals surface area contributed by atoms with Crippen molar-refractivity contribution in [3.63, 3.8) is 0 Å². The third kappa shape index (κ3) is 4.47. The van der Waals surface area contributed by atoms with E-state index in [9.17, 15) is 19.2 Å². The fraction of sp³-hybridized carbons (Fsp3) is 0.133. The Kier molecular flexibility index (Phi) is 5.21. The van der Waals surface area contributed by atoms with Crippen molar-refractivity contribution in [1.29, 1.82) is 0 Å². The molecule has 0 saturated carbocycles. The fourth-order valence-corrected chi connectivity index (χ4v) is 3.89. The maximum atomic E-state index is 11.9. The Balaban J connectivity index is 1.59. The number of ether oxygens (including phenoxy) is 1. The average Bonchev–Trinajstić information content (AvgIpc) is 3.02. The highest BCUT2D eigenvalue weighted by Gasteiger charge is 2.33. The number of esters is 1. The predicted octanol–water partition coefficient (Wildman–Crippen LogP) is 2.46. The molecule has 3 rings (SSSR count). The van der Waals surface area contributed by atoms with Crippen LogP contribution in [0.25, 0.3) is 6.08 Å². The SMILES string of the molecule is O=C(CC1SC(=O)NC1=O)Oc1ccc(/C=C2/SC(=O)NC2=S)cc1. The zero-order valence-electron chi connectivity index (χ0n) is 12.4. The summed E-state index contributed by atoms with van der Waals surface area (Å²) in [6.07, 6.45) is 1.56. The Bertz CT molecular complexity index is 819. The van der Waals surface area contributed by atoms with Gasteiger partial charge in [-0.1, -0.05) is 36.1 Å². The number of rotatable bonds is 4. The second-order valence-electron chi connectivity index (χ2n) is 4.98. The third-order valence-corrected chi connectivity index (χ3v) is 5.43. The zero-order valence-corrected chi connectivity index (χ0v) is 14.9. The molecule has 2 aliphatic rings. The number of thioether (sulfide) groups is 2. The lowest BCUT2D eigenvalue weighted by atomic mass is 10.2. The Morgan fingerprint density at radius 3 is 2.44 bits per heavy atom. The van der Waals surface area contributed by atoms with E-state index in [1.165, 1.54) is 0 Å². The highest BCUT2D eigenvalue weighted by molar-refractivity contribution is 8.19. The van der Waals surface area contributed by atoms with Gasteiger partial charge < -0.3 is 10.1 Å². The summed E-state index contributed by atoms with van der Waals surface area (Å²) in [7, 11) is 0. The number of benzene rings is 1. The highest BCUT2D eigenvalue weighted by atomic mass is 32.2. The van der Waals surface area contributed by atoms with Crippen LogP contribution in [-0.2, 0) is 9.59 Å². The lowest BCUT2D eigenvalue weighted by Crippen LogP contribution is -2.27. The van der Waals surface area contributed by atoms with Crippen molar-refractivity contribution in [2.75, 3.05) is 0 Å². The quantitative estimate of drug-likeness (QED) is 0.348. The number of imide groups is 1. The molecule has 7 nitrogen and oxygen atoms in total. The van der Waals surface area contributed by atoms with E-state index in [1.54, 1.807) is 30.3 Å². The van der Waals surface area contributed by atoms with Gasteiger partial charge in [-0.05, 0) is 35.5 Å². The van der Waals surface area contributed by atoms with E-state index in [1.807, 2.05) is 0 Å². The van der Waals surface area contributed by atoms with E-state index in [4.69, 9.17) is 17.0 Å². The molecule has 1 atom stereocenters. The molecular formula is C15H10N2O5S3. The minimum absolute atomic E-state index is 0.188. The first-order valence-corrected chi connectivity index (χ1v) is 9.08. The van der Waals surface area contributed by atoms with Crippen LogP contribution in [0.5, 0.6) is 5.75 Å². The van der Waals surface area contributed by atoms with Gasteiger partial charge >= 0.3 is 5.97 Å². The molecule has 0 aliphatic carbocycles. The van der Waals surface area contributed by atoms with Gasteiger partial charge in [0.1, 0.15) is 16.0 Å². The largest absolute Gasteiger partial charge is 0.426 e. The molecule has 2 aliphatic heterocycles. The molecule has 2 N–H and O–H groups in total. The van der Waals surface area contributed by atoms with E-state index in [0.717, 1.165) is 29.1 Å². The zero-order chi connectivity index (χ0) is 18.0. The molecule has 2 saturated heterocycles. The van der Waals surface area contributed by atoms with E-state index in [0.29, 0.717) is 15.6 Å². The topological polar surface area (TPSA) is 102 Å². The van der Waals surface area contributed by atoms with Crippen LogP contribution < -0.4 is 15.4 Å². The van der Waals surface area contributed by atoms with Crippen LogP contribution >= 0.6 is 35.7 Å². The molecule has 128 valence electrons. The van der Waals surface area contributed by atoms with Crippen LogP contribution in [0.4, 0.5) is 9.59 Å². The molecular weight excluding hydrogens is 384 g/mol. The Labute approximate surface area is 155 Å². The number of carbonyl (C=O) groups is 4. The molecule has 3 amide bonds. The number of carbonyl (C=O) groups excluding carboxylic acids is 4. The smallest absolute Gasteiger partial charge is 0.312 e. The molecule has 0 bridgehead atoms. The van der Waals surface area contributed by atoms with Gasteiger partial charge in [-0.15, -0.1) is 0 Å². The molecule has 0 radical (unpaired) electrons. The van der Waals surface area contributed by atoms with Gasteiger partial charge in [0.15, 0.2) is 0 Å². The van der Waals surface area contributed by atoms with Gasteiger partial charge in [0.05, 0.1) is 11.3 Å². The Hall–Kier alpha value is -2.17. The molecule has 25 heavy (non-hydrogen) atoms. The van der Waals surface area contributed by atoms with E-state index in [-0.39, 0.29) is 11.7 Å². The van der Waals surface area contributed by atoms with Crippen molar-refractivity contribution in [2.45, 2.75) is 11.7 Å². The summed E-state index contributed by atoms with van der Waals surface area (Å²) in [5.74, 6) is -0.768. The summed E-state index contributed by atoms with van der Waals surface area (Å²) in [5.41, 5.74) is 0.789. The highest BCUT2D eigenvalue weighted by Crippen LogP contribution is 2.27. The summed E-state index contributed by atoms with van der Waals surface area (Å²) >= 11 is 6.83. The lowest BCUT2D eigenvalue weighted by molar-refractivity contribution is -0.135. The van der Waals surface area contributed by atoms with Crippen molar-refractivity contribution < 1.29 is 23.9 Å². The first kappa shape index (κ1) is 17.6. The molecule has 1 unspecified atom stereocenters. The van der Waals surface area contributed by atoms with Crippen molar-refractivity contribution >= 4 is 69.2 Å². The van der Waals surface area contributed by atoms with Gasteiger partial charge in [0.25, 0.3) is 10.5 Å². The first-order valence-electron chi connectivity index (χ1n) is 6.98. The fourth-order valence-electron chi connectivity index (χ4n) is 2.06. The van der Waals surface area contributed by atoms with E-state index >= 15 is 0 Å². The first-order chi connectivity index (χ1) is 11.9. The summed E-state index contributed by atoms with van der Waals surface area (Å²) in [4.78, 5) is 46.6. The molecule has 0 aromatic heterocycles. The molecule has 2 fully saturated rings. The standard InChI is InChI=1S/C15H10N2O5S3/c18-11(6-9-12(19)16-14(20)24-9)22-8-3-1-7(2-4-8)5-10-13(23)17-15(21)25-10/h1-5,9H,6H2,(H,16,19,20)(H,17,21,23)/b10-5+. The molecule has 1 aromatic rings. The number of hydrogen-bond donors (Lipinski definition) is 2. The molecule has 10 heteroatoms. The predicted molar refractivity (Wildman–Crippen MR) is 98.3 cm³/mol. The monoisotopic (exact) mass is 394 g/mol. The summed E-state index contributed by atoms with van der Waals surface area (Å²) in [6, 6.07) is 6.61. The molecule has 0 spiro atoms. The number of nitrogens with one attached hydrogen (secondary N) is 2. The number of hydrogen-bond acceptors (Lipinski definition) is 8. The van der Waals surface area contributed by atoms with Crippen LogP contribution in [0.2, 0.25) is 0 Å².